The van der Waals surface area contributed by atoms with Gasteiger partial charge < -0.3 is 10.4 Å². The average Bonchev–Trinajstić information content (AvgIpc) is 2.82. The molecule has 1 aromatic carbocycles. The molecule has 0 amide bonds. The minimum absolute atomic E-state index is 0.0725. The Balaban J connectivity index is 1.95. The third-order valence-electron chi connectivity index (χ3n) is 2.54. The fourth-order valence-electron chi connectivity index (χ4n) is 1.78. The Bertz CT molecular complexity index is 453. The van der Waals surface area contributed by atoms with Crippen LogP contribution in [0.3, 0.4) is 0 Å². The maximum atomic E-state index is 9.06. The highest BCUT2D eigenvalue weighted by molar-refractivity contribution is 5.46. The fourth-order valence-corrected chi connectivity index (χ4v) is 1.78. The molecule has 0 aliphatic heterocycles. The molecule has 90 valence electrons. The Hall–Kier alpha value is -1.81. The second kappa shape index (κ2) is 5.50. The summed E-state index contributed by atoms with van der Waals surface area (Å²) >= 11 is 0. The molecule has 0 radical (unpaired) electrons. The van der Waals surface area contributed by atoms with E-state index in [0.29, 0.717) is 0 Å². The zero-order valence-electron chi connectivity index (χ0n) is 9.87. The third-order valence-corrected chi connectivity index (χ3v) is 2.54. The van der Waals surface area contributed by atoms with E-state index in [1.807, 2.05) is 41.2 Å². The first-order chi connectivity index (χ1) is 8.28. The van der Waals surface area contributed by atoms with Crippen molar-refractivity contribution < 1.29 is 5.11 Å². The number of anilines is 1. The summed E-state index contributed by atoms with van der Waals surface area (Å²) in [4.78, 5) is 0. The number of hydrogen-bond acceptors (Lipinski definition) is 3. The molecule has 0 saturated heterocycles. The van der Waals surface area contributed by atoms with Crippen molar-refractivity contribution in [3.05, 3.63) is 48.3 Å². The molecule has 1 aromatic heterocycles. The Morgan fingerprint density at radius 1 is 1.41 bits per heavy atom. The summed E-state index contributed by atoms with van der Waals surface area (Å²) in [5.41, 5.74) is 1.94. The van der Waals surface area contributed by atoms with E-state index in [9.17, 15) is 0 Å². The first-order valence-electron chi connectivity index (χ1n) is 5.71. The Morgan fingerprint density at radius 3 is 3.00 bits per heavy atom. The van der Waals surface area contributed by atoms with E-state index in [2.05, 4.69) is 17.3 Å². The summed E-state index contributed by atoms with van der Waals surface area (Å²) in [7, 11) is 0. The van der Waals surface area contributed by atoms with Crippen LogP contribution in [0.4, 0.5) is 5.69 Å². The van der Waals surface area contributed by atoms with Crippen LogP contribution >= 0.6 is 0 Å². The van der Waals surface area contributed by atoms with E-state index in [4.69, 9.17) is 5.11 Å². The number of nitrogens with one attached hydrogen (secondary N) is 1. The smallest absolute Gasteiger partial charge is 0.0682 e. The number of aliphatic hydroxyl groups is 1. The zero-order chi connectivity index (χ0) is 12.1. The monoisotopic (exact) mass is 231 g/mol. The molecule has 0 fully saturated rings. The lowest BCUT2D eigenvalue weighted by molar-refractivity contribution is 0.282. The van der Waals surface area contributed by atoms with Crippen LogP contribution in [0.2, 0.25) is 0 Å². The lowest BCUT2D eigenvalue weighted by Gasteiger charge is -2.15. The predicted molar refractivity (Wildman–Crippen MR) is 67.7 cm³/mol. The number of rotatable bonds is 5. The summed E-state index contributed by atoms with van der Waals surface area (Å²) in [5.74, 6) is 0. The summed E-state index contributed by atoms with van der Waals surface area (Å²) in [5, 5.41) is 16.6. The topological polar surface area (TPSA) is 50.1 Å². The van der Waals surface area contributed by atoms with Gasteiger partial charge in [-0.3, -0.25) is 4.68 Å². The van der Waals surface area contributed by atoms with Crippen molar-refractivity contribution in [3.63, 3.8) is 0 Å². The van der Waals surface area contributed by atoms with Gasteiger partial charge in [-0.05, 0) is 30.7 Å². The van der Waals surface area contributed by atoms with E-state index in [1.165, 1.54) is 0 Å². The molecule has 0 aliphatic carbocycles. The molecule has 2 rings (SSSR count). The molecule has 4 nitrogen and oxygen atoms in total. The van der Waals surface area contributed by atoms with Crippen LogP contribution in [0.5, 0.6) is 0 Å². The van der Waals surface area contributed by atoms with Gasteiger partial charge in [0.2, 0.25) is 0 Å². The zero-order valence-corrected chi connectivity index (χ0v) is 9.87. The maximum Gasteiger partial charge on any atom is 0.0682 e. The quantitative estimate of drug-likeness (QED) is 0.826. The maximum absolute atomic E-state index is 9.06. The van der Waals surface area contributed by atoms with Crippen molar-refractivity contribution in [1.29, 1.82) is 0 Å². The fraction of sp³-hybridized carbons (Fsp3) is 0.308. The molecule has 0 aliphatic rings. The summed E-state index contributed by atoms with van der Waals surface area (Å²) in [6.45, 7) is 2.99. The molecule has 1 atom stereocenters. The van der Waals surface area contributed by atoms with Gasteiger partial charge in [-0.2, -0.15) is 5.10 Å². The molecule has 0 spiro atoms. The van der Waals surface area contributed by atoms with Crippen LogP contribution in [-0.4, -0.2) is 20.9 Å². The second-order valence-corrected chi connectivity index (χ2v) is 4.13. The van der Waals surface area contributed by atoms with Crippen LogP contribution in [-0.2, 0) is 13.2 Å². The third kappa shape index (κ3) is 3.32. The molecule has 0 unspecified atom stereocenters. The molecule has 2 aromatic rings. The van der Waals surface area contributed by atoms with Crippen molar-refractivity contribution in [3.8, 4) is 0 Å². The lowest BCUT2D eigenvalue weighted by atomic mass is 10.2. The van der Waals surface area contributed by atoms with E-state index in [1.54, 1.807) is 6.20 Å². The number of benzene rings is 1. The Labute approximate surface area is 101 Å². The van der Waals surface area contributed by atoms with Gasteiger partial charge in [0, 0.05) is 24.1 Å². The molecule has 0 bridgehead atoms. The first-order valence-corrected chi connectivity index (χ1v) is 5.71. The van der Waals surface area contributed by atoms with Gasteiger partial charge in [-0.25, -0.2) is 0 Å². The number of aromatic nitrogens is 2. The van der Waals surface area contributed by atoms with Crippen LogP contribution < -0.4 is 5.32 Å². The average molecular weight is 231 g/mol. The number of aliphatic hydroxyl groups excluding tert-OH is 1. The largest absolute Gasteiger partial charge is 0.392 e. The second-order valence-electron chi connectivity index (χ2n) is 4.13. The molecular formula is C13H17N3O. The van der Waals surface area contributed by atoms with Crippen LogP contribution in [0, 0.1) is 0 Å². The van der Waals surface area contributed by atoms with E-state index in [0.717, 1.165) is 17.8 Å². The van der Waals surface area contributed by atoms with Gasteiger partial charge >= 0.3 is 0 Å². The van der Waals surface area contributed by atoms with Crippen molar-refractivity contribution in [1.82, 2.24) is 9.78 Å². The molecule has 1 heterocycles. The van der Waals surface area contributed by atoms with Gasteiger partial charge in [0.05, 0.1) is 13.2 Å². The van der Waals surface area contributed by atoms with Gasteiger partial charge in [-0.15, -0.1) is 0 Å². The molecular weight excluding hydrogens is 214 g/mol. The minimum Gasteiger partial charge on any atom is -0.392 e. The Morgan fingerprint density at radius 2 is 2.29 bits per heavy atom. The highest BCUT2D eigenvalue weighted by Crippen LogP contribution is 2.12. The van der Waals surface area contributed by atoms with E-state index in [-0.39, 0.29) is 12.6 Å². The van der Waals surface area contributed by atoms with Crippen LogP contribution in [0.1, 0.15) is 12.5 Å². The Kier molecular flexibility index (Phi) is 3.77. The highest BCUT2D eigenvalue weighted by Gasteiger charge is 2.03. The van der Waals surface area contributed by atoms with Gasteiger partial charge in [0.1, 0.15) is 0 Å². The van der Waals surface area contributed by atoms with E-state index >= 15 is 0 Å². The predicted octanol–water partition coefficient (Wildman–Crippen LogP) is 1.88. The number of nitrogens with zero attached hydrogens (tertiary/aromatic N) is 2. The summed E-state index contributed by atoms with van der Waals surface area (Å²) in [6, 6.07) is 10.00. The van der Waals surface area contributed by atoms with Crippen LogP contribution in [0.15, 0.2) is 42.7 Å². The molecule has 4 heteroatoms. The van der Waals surface area contributed by atoms with Crippen LogP contribution in [0.25, 0.3) is 0 Å². The standard InChI is InChI=1S/C13H17N3O/c1-11(9-16-7-3-6-14-16)15-13-5-2-4-12(8-13)10-17/h2-8,11,15,17H,9-10H2,1H3/t11-/m0/s1. The first kappa shape index (κ1) is 11.7. The molecule has 17 heavy (non-hydrogen) atoms. The molecule has 2 N–H and O–H groups in total. The van der Waals surface area contributed by atoms with Gasteiger partial charge in [-0.1, -0.05) is 12.1 Å². The summed E-state index contributed by atoms with van der Waals surface area (Å²) < 4.78 is 1.90. The van der Waals surface area contributed by atoms with Gasteiger partial charge in [0.15, 0.2) is 0 Å². The normalized spacial score (nSPS) is 12.4. The van der Waals surface area contributed by atoms with Crippen molar-refractivity contribution in [2.24, 2.45) is 0 Å². The highest BCUT2D eigenvalue weighted by atomic mass is 16.3. The lowest BCUT2D eigenvalue weighted by Crippen LogP contribution is -2.22. The minimum atomic E-state index is 0.0725. The van der Waals surface area contributed by atoms with Gasteiger partial charge in [0.25, 0.3) is 0 Å². The number of hydrogen-bond donors (Lipinski definition) is 2. The van der Waals surface area contributed by atoms with Crippen molar-refractivity contribution in [2.45, 2.75) is 26.1 Å². The van der Waals surface area contributed by atoms with E-state index < -0.39 is 0 Å². The van der Waals surface area contributed by atoms with Crippen molar-refractivity contribution in [2.75, 3.05) is 5.32 Å². The molecule has 0 saturated carbocycles. The SMILES string of the molecule is C[C@@H](Cn1cccn1)Nc1cccc(CO)c1. The summed E-state index contributed by atoms with van der Waals surface area (Å²) in [6.07, 6.45) is 3.72. The van der Waals surface area contributed by atoms with Crippen molar-refractivity contribution >= 4 is 5.69 Å².